The third kappa shape index (κ3) is 2.66. The molecular formula is C11H11ClN4O2S. The monoisotopic (exact) mass is 298 g/mol. The number of aromatic nitrogens is 3. The smallest absolute Gasteiger partial charge is 0.271 e. The van der Waals surface area contributed by atoms with Gasteiger partial charge >= 0.3 is 0 Å². The van der Waals surface area contributed by atoms with Gasteiger partial charge in [0.15, 0.2) is 10.6 Å². The summed E-state index contributed by atoms with van der Waals surface area (Å²) in [6.45, 7) is 3.90. The van der Waals surface area contributed by atoms with Gasteiger partial charge in [-0.2, -0.15) is 5.10 Å². The lowest BCUT2D eigenvalue weighted by molar-refractivity contribution is -0.384. The Bertz CT molecular complexity index is 692. The van der Waals surface area contributed by atoms with Gasteiger partial charge in [-0.3, -0.25) is 19.8 Å². The largest absolute Gasteiger partial charge is 0.298 e. The highest BCUT2D eigenvalue weighted by molar-refractivity contribution is 7.71. The number of aromatic amines is 1. The van der Waals surface area contributed by atoms with Gasteiger partial charge < -0.3 is 0 Å². The summed E-state index contributed by atoms with van der Waals surface area (Å²) in [4.78, 5) is 10.4. The van der Waals surface area contributed by atoms with Crippen LogP contribution in [-0.4, -0.2) is 19.7 Å². The maximum Gasteiger partial charge on any atom is 0.271 e. The molecule has 0 saturated heterocycles. The van der Waals surface area contributed by atoms with Crippen molar-refractivity contribution < 1.29 is 4.92 Å². The van der Waals surface area contributed by atoms with Gasteiger partial charge in [0, 0.05) is 28.8 Å². The number of non-ortho nitro benzene ring substituents is 1. The number of H-pyrrole nitrogens is 1. The van der Waals surface area contributed by atoms with Crippen LogP contribution in [0.2, 0.25) is 5.02 Å². The summed E-state index contributed by atoms with van der Waals surface area (Å²) in [7, 11) is 0. The Morgan fingerprint density at radius 3 is 2.74 bits per heavy atom. The van der Waals surface area contributed by atoms with Gasteiger partial charge in [-0.15, -0.1) is 0 Å². The van der Waals surface area contributed by atoms with Crippen LogP contribution in [0.4, 0.5) is 5.69 Å². The highest BCUT2D eigenvalue weighted by Crippen LogP contribution is 2.28. The predicted octanol–water partition coefficient (Wildman–Crippen LogP) is 3.75. The molecule has 0 bridgehead atoms. The molecule has 0 aliphatic rings. The Labute approximate surface area is 119 Å². The molecule has 0 fully saturated rings. The van der Waals surface area contributed by atoms with Crippen molar-refractivity contribution >= 4 is 29.5 Å². The maximum atomic E-state index is 10.9. The fraction of sp³-hybridized carbons (Fsp3) is 0.273. The van der Waals surface area contributed by atoms with E-state index in [1.807, 2.05) is 13.8 Å². The van der Waals surface area contributed by atoms with Crippen molar-refractivity contribution in [1.82, 2.24) is 14.8 Å². The van der Waals surface area contributed by atoms with Gasteiger partial charge in [-0.05, 0) is 32.1 Å². The molecule has 6 nitrogen and oxygen atoms in total. The molecule has 1 aromatic heterocycles. The van der Waals surface area contributed by atoms with Crippen LogP contribution in [0.15, 0.2) is 18.2 Å². The molecule has 0 aliphatic heterocycles. The van der Waals surface area contributed by atoms with Crippen molar-refractivity contribution in [2.24, 2.45) is 0 Å². The van der Waals surface area contributed by atoms with Gasteiger partial charge in [0.05, 0.1) is 4.92 Å². The number of hydrogen-bond donors (Lipinski definition) is 1. The minimum absolute atomic E-state index is 0.0771. The second-order valence-corrected chi connectivity index (χ2v) is 5.09. The molecule has 1 aromatic carbocycles. The van der Waals surface area contributed by atoms with Gasteiger partial charge in [0.1, 0.15) is 0 Å². The number of hydrogen-bond acceptors (Lipinski definition) is 4. The summed E-state index contributed by atoms with van der Waals surface area (Å²) in [6.07, 6.45) is 0. The average molecular weight is 299 g/mol. The zero-order chi connectivity index (χ0) is 14.2. The Morgan fingerprint density at radius 1 is 1.47 bits per heavy atom. The molecule has 19 heavy (non-hydrogen) atoms. The average Bonchev–Trinajstić information content (AvgIpc) is 2.70. The minimum atomic E-state index is -0.490. The van der Waals surface area contributed by atoms with Crippen molar-refractivity contribution in [3.8, 4) is 11.4 Å². The van der Waals surface area contributed by atoms with Crippen LogP contribution >= 0.6 is 23.8 Å². The van der Waals surface area contributed by atoms with Crippen LogP contribution in [0, 0.1) is 14.9 Å². The molecule has 0 aliphatic carbocycles. The first-order chi connectivity index (χ1) is 8.90. The van der Waals surface area contributed by atoms with Gasteiger partial charge in [0.25, 0.3) is 5.69 Å². The molecule has 0 unspecified atom stereocenters. The SMILES string of the molecule is CC(C)n1c(-c2cc(Cl)cc([N+](=O)[O-])c2)n[nH]c1=S. The topological polar surface area (TPSA) is 76.8 Å². The van der Waals surface area contributed by atoms with E-state index < -0.39 is 4.92 Å². The zero-order valence-corrected chi connectivity index (χ0v) is 11.8. The van der Waals surface area contributed by atoms with E-state index in [1.54, 1.807) is 10.6 Å². The predicted molar refractivity (Wildman–Crippen MR) is 74.9 cm³/mol. The molecule has 2 rings (SSSR count). The minimum Gasteiger partial charge on any atom is -0.298 e. The standard InChI is InChI=1S/C11H11ClN4O2S/c1-6(2)15-10(13-14-11(15)19)7-3-8(12)5-9(4-7)16(17)18/h3-6H,1-2H3,(H,14,19). The summed E-state index contributed by atoms with van der Waals surface area (Å²) in [5.74, 6) is 0.533. The molecule has 0 radical (unpaired) electrons. The van der Waals surface area contributed by atoms with E-state index in [1.165, 1.54) is 12.1 Å². The number of nitro groups is 1. The Kier molecular flexibility index (Phi) is 3.68. The van der Waals surface area contributed by atoms with Crippen molar-refractivity contribution in [1.29, 1.82) is 0 Å². The normalized spacial score (nSPS) is 10.9. The van der Waals surface area contributed by atoms with Crippen LogP contribution in [-0.2, 0) is 0 Å². The van der Waals surface area contributed by atoms with Gasteiger partial charge in [0.2, 0.25) is 0 Å². The van der Waals surface area contributed by atoms with Crippen molar-refractivity contribution in [2.45, 2.75) is 19.9 Å². The van der Waals surface area contributed by atoms with Crippen molar-refractivity contribution in [2.75, 3.05) is 0 Å². The van der Waals surface area contributed by atoms with E-state index in [9.17, 15) is 10.1 Å². The number of nitro benzene ring substituents is 1. The number of benzene rings is 1. The lowest BCUT2D eigenvalue weighted by Crippen LogP contribution is -2.03. The van der Waals surface area contributed by atoms with Crippen LogP contribution in [0.1, 0.15) is 19.9 Å². The Hall–Kier alpha value is -1.73. The molecule has 1 heterocycles. The molecule has 0 spiro atoms. The Morgan fingerprint density at radius 2 is 2.16 bits per heavy atom. The molecule has 0 saturated carbocycles. The molecule has 2 aromatic rings. The summed E-state index contributed by atoms with van der Waals surface area (Å²) >= 11 is 11.0. The summed E-state index contributed by atoms with van der Waals surface area (Å²) in [5.41, 5.74) is 0.479. The molecule has 0 amide bonds. The van der Waals surface area contributed by atoms with Crippen molar-refractivity contribution in [3.05, 3.63) is 38.1 Å². The summed E-state index contributed by atoms with van der Waals surface area (Å²) in [6, 6.07) is 4.43. The van der Waals surface area contributed by atoms with E-state index in [4.69, 9.17) is 23.8 Å². The quantitative estimate of drug-likeness (QED) is 0.532. The summed E-state index contributed by atoms with van der Waals surface area (Å²) < 4.78 is 2.25. The second-order valence-electron chi connectivity index (χ2n) is 4.27. The highest BCUT2D eigenvalue weighted by Gasteiger charge is 2.16. The number of halogens is 1. The van der Waals surface area contributed by atoms with Crippen LogP contribution < -0.4 is 0 Å². The van der Waals surface area contributed by atoms with Gasteiger partial charge in [-0.1, -0.05) is 11.6 Å². The molecule has 1 N–H and O–H groups in total. The molecule has 0 atom stereocenters. The zero-order valence-electron chi connectivity index (χ0n) is 10.3. The Balaban J connectivity index is 2.66. The van der Waals surface area contributed by atoms with E-state index in [0.29, 0.717) is 16.2 Å². The number of rotatable bonds is 3. The maximum absolute atomic E-state index is 10.9. The molecular weight excluding hydrogens is 288 g/mol. The first kappa shape index (κ1) is 13.7. The lowest BCUT2D eigenvalue weighted by atomic mass is 10.2. The fourth-order valence-corrected chi connectivity index (χ4v) is 2.37. The first-order valence-electron chi connectivity index (χ1n) is 5.52. The van der Waals surface area contributed by atoms with E-state index in [2.05, 4.69) is 10.2 Å². The van der Waals surface area contributed by atoms with E-state index >= 15 is 0 Å². The third-order valence-corrected chi connectivity index (χ3v) is 3.08. The second kappa shape index (κ2) is 5.10. The first-order valence-corrected chi connectivity index (χ1v) is 6.31. The van der Waals surface area contributed by atoms with Crippen molar-refractivity contribution in [3.63, 3.8) is 0 Å². The van der Waals surface area contributed by atoms with E-state index in [0.717, 1.165) is 0 Å². The molecule has 8 heteroatoms. The highest BCUT2D eigenvalue weighted by atomic mass is 35.5. The number of nitrogens with zero attached hydrogens (tertiary/aromatic N) is 3. The number of nitrogens with one attached hydrogen (secondary N) is 1. The fourth-order valence-electron chi connectivity index (χ4n) is 1.80. The third-order valence-electron chi connectivity index (χ3n) is 2.57. The lowest BCUT2D eigenvalue weighted by Gasteiger charge is -2.10. The summed E-state index contributed by atoms with van der Waals surface area (Å²) in [5, 5.41) is 17.9. The molecule has 100 valence electrons. The van der Waals surface area contributed by atoms with Crippen LogP contribution in [0.25, 0.3) is 11.4 Å². The van der Waals surface area contributed by atoms with Crippen LogP contribution in [0.5, 0.6) is 0 Å². The van der Waals surface area contributed by atoms with Crippen LogP contribution in [0.3, 0.4) is 0 Å². The van der Waals surface area contributed by atoms with Gasteiger partial charge in [-0.25, -0.2) is 0 Å². The van der Waals surface area contributed by atoms with E-state index in [-0.39, 0.29) is 16.8 Å².